The van der Waals surface area contributed by atoms with Gasteiger partial charge in [-0.05, 0) is 137 Å². The molecule has 11 aromatic rings. The van der Waals surface area contributed by atoms with E-state index in [2.05, 4.69) is 245 Å². The van der Waals surface area contributed by atoms with Crippen LogP contribution in [0.5, 0.6) is 0 Å². The molecule has 0 atom stereocenters. The van der Waals surface area contributed by atoms with Gasteiger partial charge in [0.05, 0.1) is 16.5 Å². The monoisotopic (exact) mass is 881 g/mol. The lowest BCUT2D eigenvalue weighted by atomic mass is 9.70. The van der Waals surface area contributed by atoms with Crippen LogP contribution >= 0.6 is 0 Å². The lowest BCUT2D eigenvalue weighted by Crippen LogP contribution is -2.26. The molecule has 15 rings (SSSR count). The average molecular weight is 882 g/mol. The Balaban J connectivity index is 1.11. The van der Waals surface area contributed by atoms with Gasteiger partial charge < -0.3 is 9.32 Å². The maximum Gasteiger partial charge on any atom is 0.137 e. The Hall–Kier alpha value is -8.20. The first-order valence-electron chi connectivity index (χ1n) is 24.4. The summed E-state index contributed by atoms with van der Waals surface area (Å²) in [6, 6.07) is 80.0. The fourth-order valence-corrected chi connectivity index (χ4v) is 13.6. The third-order valence-electron chi connectivity index (χ3n) is 16.7. The summed E-state index contributed by atoms with van der Waals surface area (Å²) in [5.74, 6) is 0. The van der Waals surface area contributed by atoms with Gasteiger partial charge in [-0.25, -0.2) is 0 Å². The Kier molecular flexibility index (Phi) is 7.60. The molecule has 0 radical (unpaired) electrons. The number of hydrogen-bond acceptors (Lipinski definition) is 2. The molecule has 10 aromatic carbocycles. The minimum absolute atomic E-state index is 0.201. The van der Waals surface area contributed by atoms with Crippen LogP contribution in [0.15, 0.2) is 217 Å². The SMILES string of the molecule is CC1(C)c2ccccc2-c2ccc(N(c3ccc4c(c3)C(C)(C)c3ccccc3-4)c3c4c(cc5oc6ccccc6c35)C3(c5ccccc5-c5ccccc53)c3cc(-c5ccccc5)ccc3-4)cc21. The van der Waals surface area contributed by atoms with Crippen LogP contribution in [0.2, 0.25) is 0 Å². The first-order chi connectivity index (χ1) is 33.7. The number of para-hydroxylation sites is 1. The summed E-state index contributed by atoms with van der Waals surface area (Å²) in [6.07, 6.45) is 0. The minimum Gasteiger partial charge on any atom is -0.456 e. The summed E-state index contributed by atoms with van der Waals surface area (Å²) < 4.78 is 7.18. The van der Waals surface area contributed by atoms with Gasteiger partial charge in [0, 0.05) is 33.2 Å². The van der Waals surface area contributed by atoms with Gasteiger partial charge in [-0.1, -0.05) is 198 Å². The van der Waals surface area contributed by atoms with E-state index in [9.17, 15) is 0 Å². The smallest absolute Gasteiger partial charge is 0.137 e. The van der Waals surface area contributed by atoms with E-state index in [0.29, 0.717) is 0 Å². The molecular weight excluding hydrogens is 835 g/mol. The van der Waals surface area contributed by atoms with Crippen LogP contribution < -0.4 is 4.90 Å². The lowest BCUT2D eigenvalue weighted by Gasteiger charge is -2.33. The number of nitrogens with zero attached hydrogens (tertiary/aromatic N) is 1. The van der Waals surface area contributed by atoms with E-state index >= 15 is 0 Å². The van der Waals surface area contributed by atoms with E-state index in [1.807, 2.05) is 0 Å². The van der Waals surface area contributed by atoms with E-state index in [-0.39, 0.29) is 10.8 Å². The molecule has 0 unspecified atom stereocenters. The summed E-state index contributed by atoms with van der Waals surface area (Å²) in [7, 11) is 0. The zero-order chi connectivity index (χ0) is 46.0. The molecule has 2 heteroatoms. The van der Waals surface area contributed by atoms with Crippen LogP contribution in [-0.2, 0) is 16.2 Å². The van der Waals surface area contributed by atoms with Crippen molar-refractivity contribution in [1.29, 1.82) is 0 Å². The molecule has 1 heterocycles. The highest BCUT2D eigenvalue weighted by Gasteiger charge is 2.53. The first-order valence-corrected chi connectivity index (χ1v) is 24.4. The molecule has 69 heavy (non-hydrogen) atoms. The van der Waals surface area contributed by atoms with Gasteiger partial charge in [0.15, 0.2) is 0 Å². The number of fused-ring (bicyclic) bond motifs is 19. The molecule has 1 spiro atoms. The van der Waals surface area contributed by atoms with Crippen LogP contribution in [0.3, 0.4) is 0 Å². The Morgan fingerprint density at radius 3 is 1.41 bits per heavy atom. The van der Waals surface area contributed by atoms with Gasteiger partial charge in [0.2, 0.25) is 0 Å². The third kappa shape index (κ3) is 4.91. The molecule has 0 amide bonds. The Morgan fingerprint density at radius 1 is 0.333 bits per heavy atom. The van der Waals surface area contributed by atoms with E-state index in [1.165, 1.54) is 100 Å². The highest BCUT2D eigenvalue weighted by atomic mass is 16.3. The molecule has 4 aliphatic rings. The van der Waals surface area contributed by atoms with Crippen LogP contribution in [0, 0.1) is 0 Å². The lowest BCUT2D eigenvalue weighted by molar-refractivity contribution is 0.660. The predicted molar refractivity (Wildman–Crippen MR) is 285 cm³/mol. The number of anilines is 3. The normalized spacial score (nSPS) is 15.3. The fraction of sp³-hybridized carbons (Fsp3) is 0.104. The van der Waals surface area contributed by atoms with Crippen molar-refractivity contribution in [3.05, 3.63) is 257 Å². The van der Waals surface area contributed by atoms with Gasteiger partial charge in [0.25, 0.3) is 0 Å². The molecule has 2 nitrogen and oxygen atoms in total. The summed E-state index contributed by atoms with van der Waals surface area (Å²) >= 11 is 0. The third-order valence-corrected chi connectivity index (χ3v) is 16.7. The van der Waals surface area contributed by atoms with Gasteiger partial charge in [-0.15, -0.1) is 0 Å². The summed E-state index contributed by atoms with van der Waals surface area (Å²) in [4.78, 5) is 2.61. The van der Waals surface area contributed by atoms with Gasteiger partial charge in [-0.2, -0.15) is 0 Å². The topological polar surface area (TPSA) is 16.4 Å². The van der Waals surface area contributed by atoms with Crippen LogP contribution in [-0.4, -0.2) is 0 Å². The quantitative estimate of drug-likeness (QED) is 0.175. The second kappa shape index (κ2) is 13.5. The van der Waals surface area contributed by atoms with Crippen molar-refractivity contribution in [2.75, 3.05) is 4.90 Å². The van der Waals surface area contributed by atoms with Crippen molar-refractivity contribution < 1.29 is 4.42 Å². The average Bonchev–Trinajstić information content (AvgIpc) is 4.13. The van der Waals surface area contributed by atoms with Crippen LogP contribution in [0.1, 0.15) is 72.2 Å². The van der Waals surface area contributed by atoms with E-state index in [4.69, 9.17) is 4.42 Å². The molecule has 1 aromatic heterocycles. The largest absolute Gasteiger partial charge is 0.456 e. The molecular formula is C67H47NO. The van der Waals surface area contributed by atoms with E-state index in [0.717, 1.165) is 39.0 Å². The Morgan fingerprint density at radius 2 is 0.812 bits per heavy atom. The number of benzene rings is 10. The molecule has 0 bridgehead atoms. The van der Waals surface area contributed by atoms with E-state index < -0.39 is 5.41 Å². The van der Waals surface area contributed by atoms with Crippen LogP contribution in [0.4, 0.5) is 17.1 Å². The second-order valence-corrected chi connectivity index (χ2v) is 20.7. The molecule has 326 valence electrons. The molecule has 0 fully saturated rings. The summed E-state index contributed by atoms with van der Waals surface area (Å²) in [6.45, 7) is 9.56. The van der Waals surface area contributed by atoms with Gasteiger partial charge >= 0.3 is 0 Å². The molecule has 0 saturated carbocycles. The highest BCUT2D eigenvalue weighted by molar-refractivity contribution is 6.20. The van der Waals surface area contributed by atoms with Crippen molar-refractivity contribution in [2.24, 2.45) is 0 Å². The van der Waals surface area contributed by atoms with Crippen molar-refractivity contribution in [3.63, 3.8) is 0 Å². The molecule has 0 aliphatic heterocycles. The zero-order valence-corrected chi connectivity index (χ0v) is 39.1. The highest BCUT2D eigenvalue weighted by Crippen LogP contribution is 2.67. The number of hydrogen-bond donors (Lipinski definition) is 0. The Labute approximate surface area is 402 Å². The predicted octanol–water partition coefficient (Wildman–Crippen LogP) is 17.7. The van der Waals surface area contributed by atoms with Crippen molar-refractivity contribution >= 4 is 39.0 Å². The standard InChI is InChI=1S/C67H47NO/c1-65(2)52-25-13-8-20-44(52)48-34-31-42(37-56(48)65)68(43-32-35-49-45-21-9-14-26-53(45)66(3,4)57(49)38-43)64-62-50-33-30-41(40-18-6-5-7-19-40)36-58(50)67(54-27-15-10-22-46(54)47-23-11-16-28-55(47)67)59(62)39-61-63(64)51-24-12-17-29-60(51)69-61/h5-39H,1-4H3. The maximum absolute atomic E-state index is 7.18. The minimum atomic E-state index is -0.626. The molecule has 0 N–H and O–H groups in total. The second-order valence-electron chi connectivity index (χ2n) is 20.7. The number of furan rings is 1. The Bertz CT molecular complexity index is 3880. The summed E-state index contributed by atoms with van der Waals surface area (Å²) in [5, 5.41) is 2.22. The van der Waals surface area contributed by atoms with E-state index in [1.54, 1.807) is 0 Å². The van der Waals surface area contributed by atoms with Crippen molar-refractivity contribution in [2.45, 2.75) is 43.9 Å². The fourth-order valence-electron chi connectivity index (χ4n) is 13.6. The summed E-state index contributed by atoms with van der Waals surface area (Å²) in [5.41, 5.74) is 27.4. The van der Waals surface area contributed by atoms with Crippen molar-refractivity contribution in [3.8, 4) is 55.6 Å². The van der Waals surface area contributed by atoms with Crippen LogP contribution in [0.25, 0.3) is 77.6 Å². The molecule has 4 aliphatic carbocycles. The number of rotatable bonds is 4. The maximum atomic E-state index is 7.18. The van der Waals surface area contributed by atoms with Gasteiger partial charge in [0.1, 0.15) is 11.2 Å². The van der Waals surface area contributed by atoms with Crippen molar-refractivity contribution in [1.82, 2.24) is 0 Å². The zero-order valence-electron chi connectivity index (χ0n) is 39.1. The first kappa shape index (κ1) is 38.9. The van der Waals surface area contributed by atoms with Gasteiger partial charge in [-0.3, -0.25) is 0 Å². The molecule has 0 saturated heterocycles.